The van der Waals surface area contributed by atoms with Crippen LogP contribution in [0.5, 0.6) is 11.5 Å². The molecule has 19 heteroatoms. The minimum atomic E-state index is -4.25. The van der Waals surface area contributed by atoms with Gasteiger partial charge in [0.25, 0.3) is 21.8 Å². The van der Waals surface area contributed by atoms with Crippen molar-refractivity contribution < 1.29 is 32.0 Å². The number of anilines is 3. The number of nitrogens with zero attached hydrogens (tertiary/aromatic N) is 6. The zero-order chi connectivity index (χ0) is 39.0. The highest BCUT2D eigenvalue weighted by Gasteiger charge is 2.25. The van der Waals surface area contributed by atoms with Crippen LogP contribution in [0.15, 0.2) is 70.1 Å². The Hall–Kier alpha value is -6.63. The number of carbonyl (C=O) groups excluding carboxylic acids is 2. The van der Waals surface area contributed by atoms with Crippen LogP contribution in [0.1, 0.15) is 58.4 Å². The molecule has 0 saturated carbocycles. The molecule has 5 N–H and O–H groups in total. The number of nitrogens with one attached hydrogen (secondary N) is 5. The van der Waals surface area contributed by atoms with E-state index in [0.29, 0.717) is 76.9 Å². The van der Waals surface area contributed by atoms with E-state index in [9.17, 15) is 18.0 Å². The number of aryl methyl sites for hydroxylation is 2. The van der Waals surface area contributed by atoms with Gasteiger partial charge in [-0.1, -0.05) is 24.2 Å². The van der Waals surface area contributed by atoms with Crippen molar-refractivity contribution in [1.29, 1.82) is 0 Å². The van der Waals surface area contributed by atoms with Gasteiger partial charge in [0.15, 0.2) is 23.0 Å². The van der Waals surface area contributed by atoms with E-state index >= 15 is 0 Å². The number of aromatic amines is 1. The van der Waals surface area contributed by atoms with E-state index in [-0.39, 0.29) is 27.9 Å². The van der Waals surface area contributed by atoms with Gasteiger partial charge in [0.05, 0.1) is 25.3 Å². The SMILES string of the molecule is CCc1cc(Nc2cc3onc(NS(=O)(=O)c4ccc(C(=O)NCCCCCNC(=O)c5ccc(-c6nnc(C)nn6)cc5)cc4OC)c3cc2OC)n[nH]1. The van der Waals surface area contributed by atoms with Crippen LogP contribution >= 0.6 is 0 Å². The largest absolute Gasteiger partial charge is 0.495 e. The molecule has 286 valence electrons. The number of aromatic nitrogens is 7. The highest BCUT2D eigenvalue weighted by atomic mass is 32.2. The number of benzene rings is 3. The van der Waals surface area contributed by atoms with Gasteiger partial charge in [0, 0.05) is 47.6 Å². The third-order valence-corrected chi connectivity index (χ3v) is 9.80. The molecule has 55 heavy (non-hydrogen) atoms. The Morgan fingerprint density at radius 3 is 2.15 bits per heavy atom. The van der Waals surface area contributed by atoms with E-state index in [2.05, 4.69) is 56.4 Å². The van der Waals surface area contributed by atoms with E-state index in [1.54, 1.807) is 43.3 Å². The molecule has 0 aliphatic heterocycles. The minimum Gasteiger partial charge on any atom is -0.495 e. The molecule has 0 fully saturated rings. The summed E-state index contributed by atoms with van der Waals surface area (Å²) in [5.41, 5.74) is 3.20. The van der Waals surface area contributed by atoms with E-state index in [0.717, 1.165) is 18.5 Å². The topological polar surface area (TPSA) is 241 Å². The summed E-state index contributed by atoms with van der Waals surface area (Å²) in [5, 5.41) is 36.1. The summed E-state index contributed by atoms with van der Waals surface area (Å²) in [4.78, 5) is 25.3. The third-order valence-electron chi connectivity index (χ3n) is 8.42. The van der Waals surface area contributed by atoms with Crippen LogP contribution in [0.3, 0.4) is 0 Å². The standard InChI is InChI=1S/C36H39N11O7S/c1-5-25-18-32(43-42-25)39-27-20-28-26(19-29(27)52-3)34(46-54-28)47-55(50,51)31-14-13-24(17-30(31)53-4)36(49)38-16-8-6-7-15-37-35(48)23-11-9-22(10-12-23)33-44-40-21(2)41-45-33/h9-14,17-20H,5-8,15-16H2,1-4H3,(H,37,48)(H,38,49)(H,46,47)(H2,39,42,43). The van der Waals surface area contributed by atoms with Crippen LogP contribution < -0.4 is 30.1 Å². The predicted molar refractivity (Wildman–Crippen MR) is 202 cm³/mol. The van der Waals surface area contributed by atoms with Gasteiger partial charge in [-0.15, -0.1) is 20.4 Å². The van der Waals surface area contributed by atoms with Crippen LogP contribution in [0.25, 0.3) is 22.4 Å². The smallest absolute Gasteiger partial charge is 0.266 e. The van der Waals surface area contributed by atoms with E-state index < -0.39 is 15.9 Å². The number of carbonyl (C=O) groups is 2. The Balaban J connectivity index is 0.984. The minimum absolute atomic E-state index is 0.0367. The number of fused-ring (bicyclic) bond motifs is 1. The summed E-state index contributed by atoms with van der Waals surface area (Å²) in [5.74, 6) is 1.13. The zero-order valence-electron chi connectivity index (χ0n) is 30.5. The fraction of sp³-hybridized carbons (Fsp3) is 0.278. The van der Waals surface area contributed by atoms with Gasteiger partial charge in [0.2, 0.25) is 5.82 Å². The summed E-state index contributed by atoms with van der Waals surface area (Å²) in [7, 11) is -1.45. The first-order valence-electron chi connectivity index (χ1n) is 17.3. The monoisotopic (exact) mass is 769 g/mol. The molecule has 0 radical (unpaired) electrons. The fourth-order valence-corrected chi connectivity index (χ4v) is 6.63. The summed E-state index contributed by atoms with van der Waals surface area (Å²) < 4.78 is 45.9. The number of sulfonamides is 1. The first-order valence-corrected chi connectivity index (χ1v) is 18.8. The number of methoxy groups -OCH3 is 2. The molecule has 0 atom stereocenters. The van der Waals surface area contributed by atoms with Gasteiger partial charge in [-0.05, 0) is 69.0 Å². The van der Waals surface area contributed by atoms with Gasteiger partial charge in [-0.2, -0.15) is 5.10 Å². The Labute approximate surface area is 315 Å². The lowest BCUT2D eigenvalue weighted by Gasteiger charge is -2.13. The Morgan fingerprint density at radius 2 is 1.49 bits per heavy atom. The van der Waals surface area contributed by atoms with Crippen molar-refractivity contribution in [3.05, 3.63) is 83.3 Å². The number of rotatable bonds is 17. The van der Waals surface area contributed by atoms with Gasteiger partial charge in [-0.3, -0.25) is 19.4 Å². The first kappa shape index (κ1) is 38.1. The highest BCUT2D eigenvalue weighted by molar-refractivity contribution is 7.92. The lowest BCUT2D eigenvalue weighted by Crippen LogP contribution is -2.26. The molecule has 0 bridgehead atoms. The molecule has 18 nitrogen and oxygen atoms in total. The number of unbranched alkanes of at least 4 members (excludes halogenated alkanes) is 2. The van der Waals surface area contributed by atoms with Crippen molar-refractivity contribution in [2.75, 3.05) is 37.3 Å². The zero-order valence-corrected chi connectivity index (χ0v) is 31.3. The second-order valence-corrected chi connectivity index (χ2v) is 13.9. The van der Waals surface area contributed by atoms with Crippen molar-refractivity contribution in [2.45, 2.75) is 44.4 Å². The van der Waals surface area contributed by atoms with Crippen LogP contribution in [0.4, 0.5) is 17.3 Å². The molecule has 6 rings (SSSR count). The molecular formula is C36H39N11O7S. The molecule has 0 aliphatic carbocycles. The second kappa shape index (κ2) is 17.0. The summed E-state index contributed by atoms with van der Waals surface area (Å²) in [6.45, 7) is 4.54. The van der Waals surface area contributed by atoms with Crippen LogP contribution in [0.2, 0.25) is 0 Å². The lowest BCUT2D eigenvalue weighted by atomic mass is 10.1. The summed E-state index contributed by atoms with van der Waals surface area (Å²) in [6, 6.07) is 16.0. The third kappa shape index (κ3) is 9.13. The quantitative estimate of drug-likeness (QED) is 0.0800. The van der Waals surface area contributed by atoms with Crippen LogP contribution in [-0.4, -0.2) is 83.3 Å². The average Bonchev–Trinajstić information content (AvgIpc) is 3.82. The van der Waals surface area contributed by atoms with E-state index in [1.807, 2.05) is 13.0 Å². The van der Waals surface area contributed by atoms with Gasteiger partial charge >= 0.3 is 0 Å². The fourth-order valence-electron chi connectivity index (χ4n) is 5.46. The number of hydrogen-bond donors (Lipinski definition) is 5. The van der Waals surface area contributed by atoms with Crippen molar-refractivity contribution in [3.8, 4) is 22.9 Å². The van der Waals surface area contributed by atoms with Gasteiger partial charge < -0.3 is 29.9 Å². The lowest BCUT2D eigenvalue weighted by molar-refractivity contribution is 0.0947. The first-order chi connectivity index (χ1) is 26.6. The molecule has 3 aromatic heterocycles. The Morgan fingerprint density at radius 1 is 0.818 bits per heavy atom. The summed E-state index contributed by atoms with van der Waals surface area (Å²) >= 11 is 0. The molecule has 0 aliphatic rings. The highest BCUT2D eigenvalue weighted by Crippen LogP contribution is 2.37. The Bertz CT molecular complexity index is 2400. The number of hydrogen-bond acceptors (Lipinski definition) is 14. The molecular weight excluding hydrogens is 731 g/mol. The van der Waals surface area contributed by atoms with Crippen molar-refractivity contribution in [2.24, 2.45) is 0 Å². The van der Waals surface area contributed by atoms with Crippen molar-refractivity contribution >= 4 is 50.1 Å². The maximum atomic E-state index is 13.5. The molecule has 0 unspecified atom stereocenters. The van der Waals surface area contributed by atoms with E-state index in [4.69, 9.17) is 14.0 Å². The van der Waals surface area contributed by atoms with Crippen LogP contribution in [-0.2, 0) is 16.4 Å². The molecule has 0 saturated heterocycles. The maximum absolute atomic E-state index is 13.5. The molecule has 2 amide bonds. The van der Waals surface area contributed by atoms with Crippen molar-refractivity contribution in [3.63, 3.8) is 0 Å². The van der Waals surface area contributed by atoms with Crippen molar-refractivity contribution in [1.82, 2.24) is 46.4 Å². The van der Waals surface area contributed by atoms with Crippen LogP contribution in [0, 0.1) is 6.92 Å². The molecule has 6 aromatic rings. The normalized spacial score (nSPS) is 11.3. The predicted octanol–water partition coefficient (Wildman–Crippen LogP) is 4.56. The molecule has 0 spiro atoms. The Kier molecular flexibility index (Phi) is 11.8. The maximum Gasteiger partial charge on any atom is 0.266 e. The second-order valence-electron chi connectivity index (χ2n) is 12.2. The van der Waals surface area contributed by atoms with Gasteiger partial charge in [0.1, 0.15) is 16.4 Å². The van der Waals surface area contributed by atoms with Gasteiger partial charge in [-0.25, -0.2) is 8.42 Å². The molecule has 3 aromatic carbocycles. The average molecular weight is 770 g/mol. The molecule has 3 heterocycles. The van der Waals surface area contributed by atoms with E-state index in [1.165, 1.54) is 32.4 Å². The number of H-pyrrole nitrogens is 1. The number of ether oxygens (including phenoxy) is 2. The number of amides is 2. The summed E-state index contributed by atoms with van der Waals surface area (Å²) in [6.07, 6.45) is 2.91.